The molecular formula is C16H20ClN3O2S. The van der Waals surface area contributed by atoms with Crippen LogP contribution < -0.4 is 10.6 Å². The normalized spacial score (nSPS) is 21.0. The number of aromatic nitrogens is 1. The van der Waals surface area contributed by atoms with E-state index in [9.17, 15) is 4.79 Å². The van der Waals surface area contributed by atoms with Gasteiger partial charge in [-0.05, 0) is 31.0 Å². The molecule has 7 heteroatoms. The number of hydrogen-bond donors (Lipinski definition) is 2. The summed E-state index contributed by atoms with van der Waals surface area (Å²) in [4.78, 5) is 16.7. The quantitative estimate of drug-likeness (QED) is 0.883. The third-order valence-corrected chi connectivity index (χ3v) is 5.18. The molecule has 2 heterocycles. The van der Waals surface area contributed by atoms with Crippen LogP contribution in [0, 0.1) is 0 Å². The van der Waals surface area contributed by atoms with Gasteiger partial charge in [0.2, 0.25) is 5.91 Å². The molecule has 1 atom stereocenters. The summed E-state index contributed by atoms with van der Waals surface area (Å²) < 4.78 is 5.74. The Bertz CT molecular complexity index is 696. The van der Waals surface area contributed by atoms with Gasteiger partial charge < -0.3 is 15.1 Å². The molecule has 1 aliphatic heterocycles. The highest BCUT2D eigenvalue weighted by molar-refractivity contribution is 7.99. The van der Waals surface area contributed by atoms with E-state index in [0.717, 1.165) is 40.7 Å². The molecule has 1 unspecified atom stereocenters. The fourth-order valence-corrected chi connectivity index (χ4v) is 3.66. The van der Waals surface area contributed by atoms with Crippen molar-refractivity contribution in [2.45, 2.75) is 31.2 Å². The Morgan fingerprint density at radius 2 is 2.30 bits per heavy atom. The minimum Gasteiger partial charge on any atom is -0.440 e. The van der Waals surface area contributed by atoms with Gasteiger partial charge in [0.15, 0.2) is 11.5 Å². The lowest BCUT2D eigenvalue weighted by Gasteiger charge is -2.22. The molecule has 1 aromatic carbocycles. The predicted molar refractivity (Wildman–Crippen MR) is 95.6 cm³/mol. The zero-order chi connectivity index (χ0) is 14.9. The largest absolute Gasteiger partial charge is 0.440 e. The van der Waals surface area contributed by atoms with Crippen molar-refractivity contribution in [1.82, 2.24) is 10.3 Å². The van der Waals surface area contributed by atoms with Crippen molar-refractivity contribution in [2.24, 2.45) is 0 Å². The Hall–Kier alpha value is -1.24. The number of halogens is 1. The number of hydrogen-bond acceptors (Lipinski definition) is 5. The number of fused-ring (bicyclic) bond motifs is 1. The number of benzene rings is 1. The molecule has 0 bridgehead atoms. The van der Waals surface area contributed by atoms with Gasteiger partial charge in [-0.1, -0.05) is 0 Å². The molecule has 1 saturated carbocycles. The predicted octanol–water partition coefficient (Wildman–Crippen LogP) is 3.16. The zero-order valence-electron chi connectivity index (χ0n) is 12.7. The summed E-state index contributed by atoms with van der Waals surface area (Å²) in [5.41, 5.74) is 2.41. The van der Waals surface area contributed by atoms with Crippen LogP contribution in [0.2, 0.25) is 0 Å². The van der Waals surface area contributed by atoms with Crippen LogP contribution in [0.15, 0.2) is 22.6 Å². The number of oxazole rings is 1. The molecular weight excluding hydrogens is 334 g/mol. The number of carbonyl (C=O) groups excluding carboxylic acids is 1. The Balaban J connectivity index is 0.00000156. The molecule has 0 spiro atoms. The molecule has 1 aromatic heterocycles. The van der Waals surface area contributed by atoms with E-state index in [1.807, 2.05) is 30.0 Å². The van der Waals surface area contributed by atoms with Crippen LogP contribution in [-0.2, 0) is 4.79 Å². The van der Waals surface area contributed by atoms with E-state index in [1.54, 1.807) is 0 Å². The molecule has 0 radical (unpaired) electrons. The first kappa shape index (κ1) is 16.6. The zero-order valence-corrected chi connectivity index (χ0v) is 14.3. The van der Waals surface area contributed by atoms with Crippen molar-refractivity contribution in [3.05, 3.63) is 24.1 Å². The highest BCUT2D eigenvalue weighted by Crippen LogP contribution is 2.40. The lowest BCUT2D eigenvalue weighted by molar-refractivity contribution is -0.116. The van der Waals surface area contributed by atoms with Gasteiger partial charge in [0.05, 0.1) is 0 Å². The number of amides is 1. The van der Waals surface area contributed by atoms with Crippen molar-refractivity contribution in [2.75, 3.05) is 23.4 Å². The summed E-state index contributed by atoms with van der Waals surface area (Å²) in [5.74, 6) is 3.51. The van der Waals surface area contributed by atoms with E-state index in [1.165, 1.54) is 12.8 Å². The maximum absolute atomic E-state index is 12.1. The molecule has 1 amide bonds. The summed E-state index contributed by atoms with van der Waals surface area (Å²) in [6.07, 6.45) is 2.85. The van der Waals surface area contributed by atoms with E-state index in [0.29, 0.717) is 12.3 Å². The first-order chi connectivity index (χ1) is 10.8. The van der Waals surface area contributed by atoms with Crippen LogP contribution in [0.1, 0.15) is 31.1 Å². The van der Waals surface area contributed by atoms with E-state index in [-0.39, 0.29) is 24.4 Å². The van der Waals surface area contributed by atoms with E-state index in [2.05, 4.69) is 15.6 Å². The number of anilines is 1. The van der Waals surface area contributed by atoms with E-state index in [4.69, 9.17) is 4.42 Å². The second-order valence-electron chi connectivity index (χ2n) is 5.99. The lowest BCUT2D eigenvalue weighted by atomic mass is 10.2. The van der Waals surface area contributed by atoms with Gasteiger partial charge in [-0.3, -0.25) is 4.79 Å². The standard InChI is InChI=1S/C16H19N3O2S.ClH/c20-15(8-12-9-22-6-5-17-12)18-11-3-4-14-13(7-11)19-16(21-14)10-1-2-10;/h3-4,7,10,12,17H,1-2,5-6,8-9H2,(H,18,20);1H. The fraction of sp³-hybridized carbons (Fsp3) is 0.500. The van der Waals surface area contributed by atoms with E-state index >= 15 is 0 Å². The molecule has 23 heavy (non-hydrogen) atoms. The van der Waals surface area contributed by atoms with Crippen LogP contribution in [0.3, 0.4) is 0 Å². The third kappa shape index (κ3) is 4.00. The molecule has 2 N–H and O–H groups in total. The molecule has 5 nitrogen and oxygen atoms in total. The van der Waals surface area contributed by atoms with Crippen LogP contribution in [0.25, 0.3) is 11.1 Å². The van der Waals surface area contributed by atoms with Crippen molar-refractivity contribution in [3.63, 3.8) is 0 Å². The Morgan fingerprint density at radius 1 is 1.43 bits per heavy atom. The van der Waals surface area contributed by atoms with Crippen molar-refractivity contribution in [1.29, 1.82) is 0 Å². The minimum absolute atomic E-state index is 0. The number of nitrogens with zero attached hydrogens (tertiary/aromatic N) is 1. The average molecular weight is 354 g/mol. The molecule has 1 saturated heterocycles. The molecule has 2 fully saturated rings. The molecule has 4 rings (SSSR count). The SMILES string of the molecule is Cl.O=C(CC1CSCCN1)Nc1ccc2oc(C3CC3)nc2c1. The number of thioether (sulfide) groups is 1. The van der Waals surface area contributed by atoms with Gasteiger partial charge in [-0.15, -0.1) is 12.4 Å². The maximum Gasteiger partial charge on any atom is 0.225 e. The second kappa shape index (κ2) is 7.11. The summed E-state index contributed by atoms with van der Waals surface area (Å²) in [6.45, 7) is 0.984. The van der Waals surface area contributed by atoms with Gasteiger partial charge in [0.25, 0.3) is 0 Å². The van der Waals surface area contributed by atoms with Gasteiger partial charge in [0.1, 0.15) is 5.52 Å². The monoisotopic (exact) mass is 353 g/mol. The Labute approximate surface area is 145 Å². The summed E-state index contributed by atoms with van der Waals surface area (Å²) in [5, 5.41) is 6.34. The van der Waals surface area contributed by atoms with Crippen molar-refractivity contribution in [3.8, 4) is 0 Å². The summed E-state index contributed by atoms with van der Waals surface area (Å²) in [6, 6.07) is 5.94. The highest BCUT2D eigenvalue weighted by atomic mass is 35.5. The van der Waals surface area contributed by atoms with Crippen LogP contribution in [0.5, 0.6) is 0 Å². The number of nitrogens with one attached hydrogen (secondary N) is 2. The van der Waals surface area contributed by atoms with Gasteiger partial charge in [-0.25, -0.2) is 4.98 Å². The average Bonchev–Trinajstić information content (AvgIpc) is 3.28. The van der Waals surface area contributed by atoms with Gasteiger partial charge >= 0.3 is 0 Å². The fourth-order valence-electron chi connectivity index (χ4n) is 2.71. The topological polar surface area (TPSA) is 67.2 Å². The van der Waals surface area contributed by atoms with Crippen molar-refractivity contribution >= 4 is 46.9 Å². The number of carbonyl (C=O) groups is 1. The molecule has 2 aliphatic rings. The second-order valence-corrected chi connectivity index (χ2v) is 7.14. The van der Waals surface area contributed by atoms with Crippen LogP contribution >= 0.6 is 24.2 Å². The first-order valence-electron chi connectivity index (χ1n) is 7.79. The van der Waals surface area contributed by atoms with Crippen LogP contribution in [-0.4, -0.2) is 35.0 Å². The van der Waals surface area contributed by atoms with Crippen LogP contribution in [0.4, 0.5) is 5.69 Å². The third-order valence-electron chi connectivity index (χ3n) is 4.04. The van der Waals surface area contributed by atoms with E-state index < -0.39 is 0 Å². The molecule has 124 valence electrons. The Kier molecular flexibility index (Phi) is 5.14. The number of rotatable bonds is 4. The lowest BCUT2D eigenvalue weighted by Crippen LogP contribution is -2.39. The summed E-state index contributed by atoms with van der Waals surface area (Å²) >= 11 is 1.90. The smallest absolute Gasteiger partial charge is 0.225 e. The van der Waals surface area contributed by atoms with Gasteiger partial charge in [0, 0.05) is 42.1 Å². The molecule has 2 aromatic rings. The molecule has 1 aliphatic carbocycles. The van der Waals surface area contributed by atoms with Crippen molar-refractivity contribution < 1.29 is 9.21 Å². The highest BCUT2D eigenvalue weighted by Gasteiger charge is 2.28. The maximum atomic E-state index is 12.1. The Morgan fingerprint density at radius 3 is 3.04 bits per heavy atom. The van der Waals surface area contributed by atoms with Gasteiger partial charge in [-0.2, -0.15) is 11.8 Å². The minimum atomic E-state index is 0. The first-order valence-corrected chi connectivity index (χ1v) is 8.95. The summed E-state index contributed by atoms with van der Waals surface area (Å²) in [7, 11) is 0.